The van der Waals surface area contributed by atoms with E-state index < -0.39 is 19.5 Å². The lowest BCUT2D eigenvalue weighted by molar-refractivity contribution is -0.385. The van der Waals surface area contributed by atoms with Gasteiger partial charge in [-0.3, -0.25) is 20.2 Å². The van der Waals surface area contributed by atoms with Gasteiger partial charge in [-0.2, -0.15) is 0 Å². The predicted molar refractivity (Wildman–Crippen MR) is 125 cm³/mol. The summed E-state index contributed by atoms with van der Waals surface area (Å²) < 4.78 is 20.8. The molecule has 2 unspecified atom stereocenters. The quantitative estimate of drug-likeness (QED) is 0.184. The number of rotatable bonds is 11. The first kappa shape index (κ1) is 25.7. The van der Waals surface area contributed by atoms with Gasteiger partial charge in [-0.15, -0.1) is 0 Å². The molecule has 0 amide bonds. The van der Waals surface area contributed by atoms with Crippen molar-refractivity contribution in [3.8, 4) is 23.0 Å². The molecule has 0 spiro atoms. The normalized spacial score (nSPS) is 12.6. The van der Waals surface area contributed by atoms with Gasteiger partial charge in [-0.05, 0) is 25.0 Å². The second-order valence-electron chi connectivity index (χ2n) is 6.56. The van der Waals surface area contributed by atoms with Crippen LogP contribution in [0.3, 0.4) is 0 Å². The molecule has 0 bridgehead atoms. The van der Waals surface area contributed by atoms with Crippen molar-refractivity contribution < 1.29 is 28.8 Å². The van der Waals surface area contributed by atoms with Gasteiger partial charge < -0.3 is 18.9 Å². The minimum absolute atomic E-state index is 0.118. The third-order valence-electron chi connectivity index (χ3n) is 4.81. The van der Waals surface area contributed by atoms with Gasteiger partial charge in [0.15, 0.2) is 23.0 Å². The lowest BCUT2D eigenvalue weighted by atomic mass is 10.0. The van der Waals surface area contributed by atoms with E-state index in [0.29, 0.717) is 35.5 Å². The summed E-state index contributed by atoms with van der Waals surface area (Å²) in [5.41, 5.74) is 0.587. The molecular weight excluding hydrogens is 556 g/mol. The molecule has 0 saturated heterocycles. The van der Waals surface area contributed by atoms with E-state index in [1.165, 1.54) is 40.6 Å². The summed E-state index contributed by atoms with van der Waals surface area (Å²) in [5, 5.41) is 23.2. The van der Waals surface area contributed by atoms with Gasteiger partial charge in [-0.25, -0.2) is 0 Å². The molecule has 0 heterocycles. The molecule has 2 aromatic carbocycles. The van der Waals surface area contributed by atoms with Gasteiger partial charge in [0.05, 0.1) is 50.4 Å². The second-order valence-corrected chi connectivity index (χ2v) is 8.77. The Morgan fingerprint density at radius 1 is 0.688 bits per heavy atom. The van der Waals surface area contributed by atoms with Crippen LogP contribution in [0.5, 0.6) is 23.0 Å². The summed E-state index contributed by atoms with van der Waals surface area (Å²) in [7, 11) is 5.69. The van der Waals surface area contributed by atoms with Crippen LogP contribution in [0.2, 0.25) is 0 Å². The highest BCUT2D eigenvalue weighted by Crippen LogP contribution is 2.45. The first-order chi connectivity index (χ1) is 15.2. The van der Waals surface area contributed by atoms with Gasteiger partial charge in [0.2, 0.25) is 0 Å². The van der Waals surface area contributed by atoms with E-state index in [1.54, 1.807) is 12.1 Å². The number of hydrogen-bond donors (Lipinski definition) is 0. The highest BCUT2D eigenvalue weighted by atomic mass is 79.9. The topological polar surface area (TPSA) is 123 Å². The van der Waals surface area contributed by atoms with Crippen molar-refractivity contribution in [2.45, 2.75) is 22.5 Å². The predicted octanol–water partition coefficient (Wildman–Crippen LogP) is 5.89. The molecule has 0 saturated carbocycles. The summed E-state index contributed by atoms with van der Waals surface area (Å²) in [6, 6.07) is 5.73. The summed E-state index contributed by atoms with van der Waals surface area (Å²) in [4.78, 5) is 21.4. The molecule has 0 fully saturated rings. The van der Waals surface area contributed by atoms with Crippen molar-refractivity contribution in [3.05, 3.63) is 55.6 Å². The second kappa shape index (κ2) is 11.3. The Labute approximate surface area is 201 Å². The van der Waals surface area contributed by atoms with Gasteiger partial charge in [-0.1, -0.05) is 31.9 Å². The Hall–Kier alpha value is -2.60. The maximum absolute atomic E-state index is 11.6. The third kappa shape index (κ3) is 5.60. The zero-order chi connectivity index (χ0) is 24.0. The molecule has 12 heteroatoms. The molecule has 2 atom stereocenters. The molecule has 2 aromatic rings. The van der Waals surface area contributed by atoms with E-state index in [4.69, 9.17) is 18.9 Å². The van der Waals surface area contributed by atoms with Crippen LogP contribution in [0.25, 0.3) is 0 Å². The maximum Gasteiger partial charge on any atom is 0.277 e. The minimum atomic E-state index is -0.490. The summed E-state index contributed by atoms with van der Waals surface area (Å²) in [5.74, 6) is 1.23. The van der Waals surface area contributed by atoms with Gasteiger partial charge in [0.1, 0.15) is 0 Å². The Bertz CT molecular complexity index is 923. The van der Waals surface area contributed by atoms with Crippen LogP contribution < -0.4 is 18.9 Å². The number of nitrogens with zero attached hydrogens (tertiary/aromatic N) is 2. The van der Waals surface area contributed by atoms with Crippen molar-refractivity contribution in [2.24, 2.45) is 0 Å². The van der Waals surface area contributed by atoms with Crippen molar-refractivity contribution >= 4 is 43.2 Å². The molecule has 0 N–H and O–H groups in total. The summed E-state index contributed by atoms with van der Waals surface area (Å²) in [6.07, 6.45) is 0.857. The summed E-state index contributed by atoms with van der Waals surface area (Å²) >= 11 is 7.03. The van der Waals surface area contributed by atoms with Crippen LogP contribution in [-0.4, -0.2) is 38.3 Å². The Morgan fingerprint density at radius 3 is 1.22 bits per heavy atom. The highest BCUT2D eigenvalue weighted by molar-refractivity contribution is 9.09. The zero-order valence-electron chi connectivity index (χ0n) is 17.8. The molecule has 32 heavy (non-hydrogen) atoms. The van der Waals surface area contributed by atoms with E-state index in [2.05, 4.69) is 31.9 Å². The Morgan fingerprint density at radius 2 is 0.969 bits per heavy atom. The lowest BCUT2D eigenvalue weighted by Gasteiger charge is -2.17. The van der Waals surface area contributed by atoms with Crippen molar-refractivity contribution in [2.75, 3.05) is 28.4 Å². The number of ether oxygens (including phenoxy) is 4. The molecular formula is C20H22Br2N2O8. The fourth-order valence-electron chi connectivity index (χ4n) is 3.19. The fourth-order valence-corrected chi connectivity index (χ4v) is 4.45. The fraction of sp³-hybridized carbons (Fsp3) is 0.400. The van der Waals surface area contributed by atoms with E-state index >= 15 is 0 Å². The van der Waals surface area contributed by atoms with E-state index in [9.17, 15) is 20.2 Å². The van der Waals surface area contributed by atoms with E-state index in [-0.39, 0.29) is 22.9 Å². The monoisotopic (exact) mass is 576 g/mol. The largest absolute Gasteiger partial charge is 0.493 e. The first-order valence-corrected chi connectivity index (χ1v) is 11.1. The van der Waals surface area contributed by atoms with Gasteiger partial charge >= 0.3 is 0 Å². The van der Waals surface area contributed by atoms with Crippen LogP contribution >= 0.6 is 31.9 Å². The number of benzene rings is 2. The van der Waals surface area contributed by atoms with Crippen LogP contribution in [-0.2, 0) is 0 Å². The van der Waals surface area contributed by atoms with E-state index in [0.717, 1.165) is 0 Å². The van der Waals surface area contributed by atoms with Crippen molar-refractivity contribution in [3.63, 3.8) is 0 Å². The molecule has 2 rings (SSSR count). The zero-order valence-corrected chi connectivity index (χ0v) is 21.0. The Kier molecular flexibility index (Phi) is 9.08. The average molecular weight is 578 g/mol. The SMILES string of the molecule is COc1cc(C(Br)CCC(Br)c2cc(OC)c(OC)cc2[N+](=O)[O-])c([N+](=O)[O-])cc1OC. The molecule has 0 aliphatic heterocycles. The number of halogens is 2. The van der Waals surface area contributed by atoms with Crippen LogP contribution in [0.4, 0.5) is 11.4 Å². The van der Waals surface area contributed by atoms with Crippen LogP contribution in [0.1, 0.15) is 33.6 Å². The highest BCUT2D eigenvalue weighted by Gasteiger charge is 2.28. The molecule has 0 aliphatic rings. The number of nitro benzene ring substituents is 2. The van der Waals surface area contributed by atoms with Crippen molar-refractivity contribution in [1.82, 2.24) is 0 Å². The number of methoxy groups -OCH3 is 4. The summed E-state index contributed by atoms with van der Waals surface area (Å²) in [6.45, 7) is 0. The van der Waals surface area contributed by atoms with Gasteiger partial charge in [0, 0.05) is 20.8 Å². The number of alkyl halides is 2. The van der Waals surface area contributed by atoms with Crippen molar-refractivity contribution in [1.29, 1.82) is 0 Å². The molecule has 0 aromatic heterocycles. The number of hydrogen-bond acceptors (Lipinski definition) is 8. The Balaban J connectivity index is 2.33. The van der Waals surface area contributed by atoms with Crippen LogP contribution in [0.15, 0.2) is 24.3 Å². The smallest absolute Gasteiger partial charge is 0.277 e. The lowest BCUT2D eigenvalue weighted by Crippen LogP contribution is -2.04. The molecule has 174 valence electrons. The molecule has 10 nitrogen and oxygen atoms in total. The van der Waals surface area contributed by atoms with Crippen LogP contribution in [0, 0.1) is 20.2 Å². The van der Waals surface area contributed by atoms with E-state index in [1.807, 2.05) is 0 Å². The first-order valence-electron chi connectivity index (χ1n) is 9.27. The molecule has 0 aliphatic carbocycles. The minimum Gasteiger partial charge on any atom is -0.493 e. The molecule has 0 radical (unpaired) electrons. The number of nitro groups is 2. The average Bonchev–Trinajstić information content (AvgIpc) is 2.79. The van der Waals surface area contributed by atoms with Gasteiger partial charge in [0.25, 0.3) is 11.4 Å². The standard InChI is InChI=1S/C20H22Br2N2O8/c1-29-17-7-11(15(23(25)26)9-19(17)31-3)13(21)5-6-14(22)12-8-18(30-2)20(32-4)10-16(12)24(27)28/h7-10,13-14H,5-6H2,1-4H3. The maximum atomic E-state index is 11.6. The third-order valence-corrected chi connectivity index (χ3v) is 6.71.